The maximum absolute atomic E-state index is 11.4. The summed E-state index contributed by atoms with van der Waals surface area (Å²) < 4.78 is 4.06. The highest BCUT2D eigenvalue weighted by atomic mass is 35.5. The van der Waals surface area contributed by atoms with Crippen LogP contribution in [-0.4, -0.2) is 19.0 Å². The molecule has 0 atom stereocenters. The summed E-state index contributed by atoms with van der Waals surface area (Å²) in [6.07, 6.45) is 6.26. The predicted octanol–water partition coefficient (Wildman–Crippen LogP) is 5.95. The van der Waals surface area contributed by atoms with Gasteiger partial charge in [0.05, 0.1) is 27.0 Å². The lowest BCUT2D eigenvalue weighted by atomic mass is 10.1. The van der Waals surface area contributed by atoms with Gasteiger partial charge in [0.1, 0.15) is 5.69 Å². The highest BCUT2D eigenvalue weighted by Gasteiger charge is 2.14. The number of thiazole rings is 1. The molecule has 0 fully saturated rings. The van der Waals surface area contributed by atoms with Crippen molar-refractivity contribution >= 4 is 45.9 Å². The average molecular weight is 474 g/mol. The van der Waals surface area contributed by atoms with E-state index in [1.165, 1.54) is 17.4 Å². The summed E-state index contributed by atoms with van der Waals surface area (Å²) in [5.74, 6) is 0. The van der Waals surface area contributed by atoms with Crippen LogP contribution in [0.2, 0.25) is 10.0 Å². The molecule has 31 heavy (non-hydrogen) atoms. The number of hydrogen-bond acceptors (Lipinski definition) is 5. The Balaban J connectivity index is 1.76. The summed E-state index contributed by atoms with van der Waals surface area (Å²) in [5.41, 5.74) is 2.11. The second-order valence-corrected chi connectivity index (χ2v) is 8.35. The molecule has 2 heterocycles. The van der Waals surface area contributed by atoms with Gasteiger partial charge in [-0.25, -0.2) is 9.98 Å². The molecule has 0 spiro atoms. The van der Waals surface area contributed by atoms with Crippen LogP contribution in [-0.2, 0) is 13.1 Å². The molecule has 7 nitrogen and oxygen atoms in total. The minimum absolute atomic E-state index is 0.0306. The Hall–Kier alpha value is -2.94. The highest BCUT2D eigenvalue weighted by molar-refractivity contribution is 7.07. The molecule has 0 amide bonds. The standard InChI is InChI=1S/C21H17Cl2N5O2S/c22-16-7-6-15(12-17(16)23)20-13-31-21(25-18-4-1-2-5-19(18)28(29)30)27(20)10-3-9-26-11-8-24-14-26/h1-2,4-8,11-14H,3,9-10H2. The van der Waals surface area contributed by atoms with Crippen LogP contribution in [0, 0.1) is 10.1 Å². The molecule has 0 aliphatic heterocycles. The topological polar surface area (TPSA) is 78.2 Å². The maximum Gasteiger partial charge on any atom is 0.294 e. The molecule has 0 saturated heterocycles. The molecule has 0 unspecified atom stereocenters. The van der Waals surface area contributed by atoms with Gasteiger partial charge in [0, 0.05) is 42.5 Å². The molecule has 0 aliphatic carbocycles. The molecule has 4 rings (SSSR count). The van der Waals surface area contributed by atoms with Gasteiger partial charge >= 0.3 is 0 Å². The quantitative estimate of drug-likeness (QED) is 0.245. The number of nitro benzene ring substituents is 1. The number of rotatable bonds is 7. The Labute approximate surface area is 192 Å². The first-order chi connectivity index (χ1) is 15.0. The second-order valence-electron chi connectivity index (χ2n) is 6.70. The lowest BCUT2D eigenvalue weighted by Gasteiger charge is -2.10. The zero-order chi connectivity index (χ0) is 21.8. The van der Waals surface area contributed by atoms with Crippen LogP contribution >= 0.6 is 34.5 Å². The first-order valence-electron chi connectivity index (χ1n) is 9.40. The molecule has 10 heteroatoms. The van der Waals surface area contributed by atoms with Crippen molar-refractivity contribution in [3.05, 3.63) is 91.5 Å². The van der Waals surface area contributed by atoms with Crippen LogP contribution in [0.1, 0.15) is 6.42 Å². The van der Waals surface area contributed by atoms with Crippen LogP contribution < -0.4 is 4.80 Å². The number of para-hydroxylation sites is 2. The number of hydrogen-bond donors (Lipinski definition) is 0. The molecule has 0 N–H and O–H groups in total. The van der Waals surface area contributed by atoms with E-state index in [0.717, 1.165) is 24.2 Å². The first-order valence-corrected chi connectivity index (χ1v) is 11.0. The maximum atomic E-state index is 11.4. The molecule has 0 aliphatic rings. The summed E-state index contributed by atoms with van der Waals surface area (Å²) in [5, 5.41) is 14.3. The number of benzene rings is 2. The van der Waals surface area contributed by atoms with E-state index in [-0.39, 0.29) is 5.69 Å². The Morgan fingerprint density at radius 2 is 1.97 bits per heavy atom. The summed E-state index contributed by atoms with van der Waals surface area (Å²) in [6, 6.07) is 11.9. The fourth-order valence-corrected chi connectivity index (χ4v) is 4.41. The smallest absolute Gasteiger partial charge is 0.294 e. The summed E-state index contributed by atoms with van der Waals surface area (Å²) in [7, 11) is 0. The van der Waals surface area contributed by atoms with Gasteiger partial charge < -0.3 is 9.13 Å². The van der Waals surface area contributed by atoms with E-state index in [2.05, 4.69) is 14.5 Å². The van der Waals surface area contributed by atoms with Crippen molar-refractivity contribution in [2.75, 3.05) is 0 Å². The number of halogens is 2. The zero-order valence-electron chi connectivity index (χ0n) is 16.2. The fourth-order valence-electron chi connectivity index (χ4n) is 3.17. The van der Waals surface area contributed by atoms with Crippen molar-refractivity contribution in [2.45, 2.75) is 19.5 Å². The van der Waals surface area contributed by atoms with E-state index in [1.807, 2.05) is 28.3 Å². The van der Waals surface area contributed by atoms with Crippen LogP contribution in [0.4, 0.5) is 11.4 Å². The molecule has 0 saturated carbocycles. The van der Waals surface area contributed by atoms with E-state index in [9.17, 15) is 10.1 Å². The Morgan fingerprint density at radius 3 is 2.71 bits per heavy atom. The molecule has 2 aromatic carbocycles. The molecular weight excluding hydrogens is 457 g/mol. The van der Waals surface area contributed by atoms with Gasteiger partial charge in [-0.3, -0.25) is 10.1 Å². The zero-order valence-corrected chi connectivity index (χ0v) is 18.5. The van der Waals surface area contributed by atoms with Gasteiger partial charge in [-0.15, -0.1) is 11.3 Å². The Bertz CT molecular complexity index is 1280. The van der Waals surface area contributed by atoms with E-state index in [4.69, 9.17) is 23.2 Å². The van der Waals surface area contributed by atoms with E-state index in [0.29, 0.717) is 27.1 Å². The monoisotopic (exact) mass is 473 g/mol. The predicted molar refractivity (Wildman–Crippen MR) is 123 cm³/mol. The lowest BCUT2D eigenvalue weighted by molar-refractivity contribution is -0.384. The van der Waals surface area contributed by atoms with Crippen molar-refractivity contribution in [3.8, 4) is 11.3 Å². The number of aromatic nitrogens is 3. The molecular formula is C21H17Cl2N5O2S. The van der Waals surface area contributed by atoms with Crippen LogP contribution in [0.3, 0.4) is 0 Å². The summed E-state index contributed by atoms with van der Waals surface area (Å²) >= 11 is 13.7. The van der Waals surface area contributed by atoms with Crippen molar-refractivity contribution in [1.82, 2.24) is 14.1 Å². The number of imidazole rings is 1. The summed E-state index contributed by atoms with van der Waals surface area (Å²) in [4.78, 5) is 20.3. The molecule has 0 bridgehead atoms. The van der Waals surface area contributed by atoms with Crippen molar-refractivity contribution in [2.24, 2.45) is 4.99 Å². The van der Waals surface area contributed by atoms with E-state index >= 15 is 0 Å². The molecule has 4 aromatic rings. The van der Waals surface area contributed by atoms with Crippen LogP contribution in [0.15, 0.2) is 71.6 Å². The number of aryl methyl sites for hydroxylation is 1. The van der Waals surface area contributed by atoms with Gasteiger partial charge in [-0.1, -0.05) is 41.4 Å². The average Bonchev–Trinajstić information content (AvgIpc) is 3.41. The second kappa shape index (κ2) is 9.47. The molecule has 158 valence electrons. The van der Waals surface area contributed by atoms with Gasteiger partial charge in [0.2, 0.25) is 0 Å². The Morgan fingerprint density at radius 1 is 1.13 bits per heavy atom. The third-order valence-corrected chi connectivity index (χ3v) is 6.27. The first kappa shape index (κ1) is 21.3. The van der Waals surface area contributed by atoms with Gasteiger partial charge in [-0.05, 0) is 24.6 Å². The SMILES string of the molecule is O=[N+]([O-])c1ccccc1N=c1scc(-c2ccc(Cl)c(Cl)c2)n1CCCn1ccnc1. The van der Waals surface area contributed by atoms with Crippen molar-refractivity contribution in [1.29, 1.82) is 0 Å². The minimum Gasteiger partial charge on any atom is -0.337 e. The third kappa shape index (κ3) is 4.87. The van der Waals surface area contributed by atoms with Crippen molar-refractivity contribution < 1.29 is 4.92 Å². The number of nitro groups is 1. The van der Waals surface area contributed by atoms with Gasteiger partial charge in [0.25, 0.3) is 5.69 Å². The van der Waals surface area contributed by atoms with Crippen LogP contribution in [0.25, 0.3) is 11.3 Å². The lowest BCUT2D eigenvalue weighted by Crippen LogP contribution is -2.17. The largest absolute Gasteiger partial charge is 0.337 e. The van der Waals surface area contributed by atoms with Gasteiger partial charge in [0.15, 0.2) is 4.80 Å². The molecule has 2 aromatic heterocycles. The Kier molecular flexibility index (Phi) is 6.50. The van der Waals surface area contributed by atoms with E-state index in [1.54, 1.807) is 36.8 Å². The summed E-state index contributed by atoms with van der Waals surface area (Å²) in [6.45, 7) is 1.45. The van der Waals surface area contributed by atoms with Gasteiger partial charge in [-0.2, -0.15) is 0 Å². The normalized spacial score (nSPS) is 11.7. The highest BCUT2D eigenvalue weighted by Crippen LogP contribution is 2.30. The number of nitrogens with zero attached hydrogens (tertiary/aromatic N) is 5. The fraction of sp³-hybridized carbons (Fsp3) is 0.143. The van der Waals surface area contributed by atoms with E-state index < -0.39 is 4.92 Å². The van der Waals surface area contributed by atoms with Crippen LogP contribution in [0.5, 0.6) is 0 Å². The van der Waals surface area contributed by atoms with Crippen molar-refractivity contribution in [3.63, 3.8) is 0 Å². The molecule has 0 radical (unpaired) electrons. The minimum atomic E-state index is -0.421. The third-order valence-electron chi connectivity index (χ3n) is 4.66.